The number of ether oxygens (including phenoxy) is 1. The lowest BCUT2D eigenvalue weighted by atomic mass is 10.1. The maximum absolute atomic E-state index is 5.95. The summed E-state index contributed by atoms with van der Waals surface area (Å²) in [5.74, 6) is 1.01. The maximum Gasteiger partial charge on any atom is 0.120 e. The zero-order valence-corrected chi connectivity index (χ0v) is 15.0. The van der Waals surface area contributed by atoms with E-state index in [0.717, 1.165) is 18.8 Å². The monoisotopic (exact) mass is 315 g/mol. The van der Waals surface area contributed by atoms with Gasteiger partial charge < -0.3 is 9.72 Å². The zero-order valence-electron chi connectivity index (χ0n) is 15.0. The summed E-state index contributed by atoms with van der Waals surface area (Å²) in [6, 6.07) is 6.42. The molecule has 0 radical (unpaired) electrons. The zero-order chi connectivity index (χ0) is 16.3. The molecule has 1 aromatic heterocycles. The molecule has 2 heteroatoms. The van der Waals surface area contributed by atoms with Crippen LogP contribution in [0.5, 0.6) is 5.75 Å². The summed E-state index contributed by atoms with van der Waals surface area (Å²) >= 11 is 0. The first-order valence-corrected chi connectivity index (χ1v) is 9.58. The van der Waals surface area contributed by atoms with Crippen LogP contribution in [0.4, 0.5) is 0 Å². The molecule has 0 unspecified atom stereocenters. The van der Waals surface area contributed by atoms with E-state index < -0.39 is 0 Å². The van der Waals surface area contributed by atoms with Crippen molar-refractivity contribution in [3.05, 3.63) is 30.0 Å². The second-order valence-electron chi connectivity index (χ2n) is 6.59. The van der Waals surface area contributed by atoms with Crippen molar-refractivity contribution in [1.82, 2.24) is 4.98 Å². The maximum atomic E-state index is 5.95. The summed E-state index contributed by atoms with van der Waals surface area (Å²) in [7, 11) is 0. The van der Waals surface area contributed by atoms with Gasteiger partial charge in [-0.05, 0) is 36.6 Å². The number of H-pyrrole nitrogens is 1. The molecule has 0 saturated carbocycles. The molecule has 1 heterocycles. The third kappa shape index (κ3) is 5.93. The molecule has 2 nitrogen and oxygen atoms in total. The van der Waals surface area contributed by atoms with Crippen LogP contribution in [0.25, 0.3) is 10.9 Å². The predicted molar refractivity (Wildman–Crippen MR) is 100 cm³/mol. The number of unbranched alkanes of at least 4 members (excludes halogenated alkanes) is 7. The van der Waals surface area contributed by atoms with Crippen LogP contribution in [-0.2, 0) is 6.42 Å². The van der Waals surface area contributed by atoms with Crippen molar-refractivity contribution in [1.29, 1.82) is 0 Å². The minimum Gasteiger partial charge on any atom is -0.494 e. The lowest BCUT2D eigenvalue weighted by molar-refractivity contribution is 0.304. The number of nitrogens with one attached hydrogen (secondary N) is 1. The number of hydrogen-bond donors (Lipinski definition) is 1. The highest BCUT2D eigenvalue weighted by atomic mass is 16.5. The number of aromatic amines is 1. The van der Waals surface area contributed by atoms with E-state index >= 15 is 0 Å². The van der Waals surface area contributed by atoms with Gasteiger partial charge in [0.15, 0.2) is 0 Å². The highest BCUT2D eigenvalue weighted by molar-refractivity contribution is 5.84. The Kier molecular flexibility index (Phi) is 8.06. The second kappa shape index (κ2) is 10.4. The van der Waals surface area contributed by atoms with Crippen molar-refractivity contribution in [2.45, 2.75) is 78.1 Å². The van der Waals surface area contributed by atoms with Crippen molar-refractivity contribution < 1.29 is 4.74 Å². The van der Waals surface area contributed by atoms with E-state index in [1.807, 2.05) is 0 Å². The largest absolute Gasteiger partial charge is 0.494 e. The smallest absolute Gasteiger partial charge is 0.120 e. The fourth-order valence-corrected chi connectivity index (χ4v) is 3.15. The Balaban J connectivity index is 1.67. The lowest BCUT2D eigenvalue weighted by Gasteiger charge is -2.07. The third-order valence-corrected chi connectivity index (χ3v) is 4.52. The Bertz CT molecular complexity index is 558. The van der Waals surface area contributed by atoms with Crippen molar-refractivity contribution >= 4 is 10.9 Å². The molecule has 0 aliphatic rings. The number of rotatable bonds is 12. The van der Waals surface area contributed by atoms with E-state index in [4.69, 9.17) is 4.74 Å². The summed E-state index contributed by atoms with van der Waals surface area (Å²) in [6.07, 6.45) is 15.2. The van der Waals surface area contributed by atoms with E-state index in [-0.39, 0.29) is 0 Å². The van der Waals surface area contributed by atoms with Gasteiger partial charge in [-0.2, -0.15) is 0 Å². The molecule has 2 aromatic rings. The van der Waals surface area contributed by atoms with E-state index in [2.05, 4.69) is 43.2 Å². The number of hydrogen-bond acceptors (Lipinski definition) is 1. The first kappa shape index (κ1) is 17.9. The second-order valence-corrected chi connectivity index (χ2v) is 6.59. The standard InChI is InChI=1S/C21H33NO/c1-3-5-6-7-8-9-10-11-15-23-19-13-14-21-20(16-19)18(12-4-2)17-22-21/h13-14,16-17,22H,3-12,15H2,1-2H3. The van der Waals surface area contributed by atoms with Crippen molar-refractivity contribution in [3.8, 4) is 5.75 Å². The van der Waals surface area contributed by atoms with Gasteiger partial charge in [0.1, 0.15) is 5.75 Å². The quantitative estimate of drug-likeness (QED) is 0.436. The van der Waals surface area contributed by atoms with Crippen molar-refractivity contribution in [3.63, 3.8) is 0 Å². The van der Waals surface area contributed by atoms with Gasteiger partial charge in [0.2, 0.25) is 0 Å². The highest BCUT2D eigenvalue weighted by Crippen LogP contribution is 2.24. The first-order valence-electron chi connectivity index (χ1n) is 9.58. The Labute approximate surface area is 141 Å². The summed E-state index contributed by atoms with van der Waals surface area (Å²) in [5.41, 5.74) is 2.62. The molecule has 23 heavy (non-hydrogen) atoms. The fraction of sp³-hybridized carbons (Fsp3) is 0.619. The van der Waals surface area contributed by atoms with E-state index in [1.54, 1.807) is 0 Å². The van der Waals surface area contributed by atoms with Crippen LogP contribution < -0.4 is 4.74 Å². The summed E-state index contributed by atoms with van der Waals surface area (Å²) in [4.78, 5) is 3.35. The average Bonchev–Trinajstić information content (AvgIpc) is 2.96. The molecule has 0 atom stereocenters. The molecule has 0 fully saturated rings. The molecular weight excluding hydrogens is 282 g/mol. The topological polar surface area (TPSA) is 25.0 Å². The average molecular weight is 316 g/mol. The van der Waals surface area contributed by atoms with Gasteiger partial charge in [-0.3, -0.25) is 0 Å². The van der Waals surface area contributed by atoms with Crippen LogP contribution in [0.15, 0.2) is 24.4 Å². The van der Waals surface area contributed by atoms with Gasteiger partial charge in [-0.25, -0.2) is 0 Å². The van der Waals surface area contributed by atoms with Gasteiger partial charge in [-0.15, -0.1) is 0 Å². The molecule has 128 valence electrons. The Morgan fingerprint density at radius 2 is 1.61 bits per heavy atom. The van der Waals surface area contributed by atoms with Gasteiger partial charge in [0.05, 0.1) is 6.61 Å². The minimum absolute atomic E-state index is 0.841. The first-order chi connectivity index (χ1) is 11.3. The number of aryl methyl sites for hydroxylation is 1. The van der Waals surface area contributed by atoms with Gasteiger partial charge in [0, 0.05) is 17.1 Å². The van der Waals surface area contributed by atoms with Gasteiger partial charge in [-0.1, -0.05) is 65.2 Å². The molecule has 0 saturated heterocycles. The molecular formula is C21H33NO. The number of aromatic nitrogens is 1. The van der Waals surface area contributed by atoms with Gasteiger partial charge in [0.25, 0.3) is 0 Å². The summed E-state index contributed by atoms with van der Waals surface area (Å²) in [6.45, 7) is 5.34. The van der Waals surface area contributed by atoms with E-state index in [1.165, 1.54) is 74.3 Å². The van der Waals surface area contributed by atoms with Gasteiger partial charge >= 0.3 is 0 Å². The molecule has 1 aromatic carbocycles. The molecule has 2 rings (SSSR count). The minimum atomic E-state index is 0.841. The number of fused-ring (bicyclic) bond motifs is 1. The molecule has 1 N–H and O–H groups in total. The Hall–Kier alpha value is -1.44. The molecule has 0 spiro atoms. The van der Waals surface area contributed by atoms with E-state index in [0.29, 0.717) is 0 Å². The normalized spacial score (nSPS) is 11.2. The fourth-order valence-electron chi connectivity index (χ4n) is 3.15. The van der Waals surface area contributed by atoms with Crippen LogP contribution >= 0.6 is 0 Å². The van der Waals surface area contributed by atoms with Crippen LogP contribution in [0.2, 0.25) is 0 Å². The lowest BCUT2D eigenvalue weighted by Crippen LogP contribution is -1.97. The summed E-state index contributed by atoms with van der Waals surface area (Å²) in [5, 5.41) is 1.32. The predicted octanol–water partition coefficient (Wildman–Crippen LogP) is 6.64. The van der Waals surface area contributed by atoms with Crippen LogP contribution in [-0.4, -0.2) is 11.6 Å². The molecule has 0 bridgehead atoms. The van der Waals surface area contributed by atoms with E-state index in [9.17, 15) is 0 Å². The Morgan fingerprint density at radius 3 is 2.35 bits per heavy atom. The third-order valence-electron chi connectivity index (χ3n) is 4.52. The van der Waals surface area contributed by atoms with Crippen LogP contribution in [0, 0.1) is 0 Å². The Morgan fingerprint density at radius 1 is 0.870 bits per heavy atom. The number of benzene rings is 1. The molecule has 0 aliphatic carbocycles. The van der Waals surface area contributed by atoms with Crippen LogP contribution in [0.3, 0.4) is 0 Å². The highest BCUT2D eigenvalue weighted by Gasteiger charge is 2.04. The summed E-state index contributed by atoms with van der Waals surface area (Å²) < 4.78 is 5.95. The molecule has 0 aliphatic heterocycles. The van der Waals surface area contributed by atoms with Crippen LogP contribution in [0.1, 0.15) is 77.2 Å². The van der Waals surface area contributed by atoms with Crippen molar-refractivity contribution in [2.75, 3.05) is 6.61 Å². The molecule has 0 amide bonds. The van der Waals surface area contributed by atoms with Crippen molar-refractivity contribution in [2.24, 2.45) is 0 Å². The SMILES string of the molecule is CCCCCCCCCCOc1ccc2[nH]cc(CCC)c2c1.